The number of Topliss-reactive ketones (excluding diaryl/α,β-unsaturated/α-hetero) is 1. The number of carbonyl (C=O) groups excluding carboxylic acids is 2. The Kier molecular flexibility index (Phi) is 8.13. The van der Waals surface area contributed by atoms with Crippen molar-refractivity contribution in [3.05, 3.63) is 0 Å². The molecule has 1 amide bonds. The Hall–Kier alpha value is -0.860. The molecule has 0 saturated heterocycles. The van der Waals surface area contributed by atoms with Crippen molar-refractivity contribution in [2.75, 3.05) is 14.1 Å². The van der Waals surface area contributed by atoms with Gasteiger partial charge in [-0.2, -0.15) is 0 Å². The normalized spacial score (nSPS) is 10.6. The van der Waals surface area contributed by atoms with Crippen molar-refractivity contribution >= 4 is 11.7 Å². The monoisotopic (exact) mass is 229 g/mol. The van der Waals surface area contributed by atoms with Crippen molar-refractivity contribution in [1.29, 1.82) is 0 Å². The third-order valence-corrected chi connectivity index (χ3v) is 2.14. The summed E-state index contributed by atoms with van der Waals surface area (Å²) in [7, 11) is 3.56. The molecule has 0 saturated carbocycles. The van der Waals surface area contributed by atoms with E-state index in [-0.39, 0.29) is 17.1 Å². The summed E-state index contributed by atoms with van der Waals surface area (Å²) in [6.07, 6.45) is 0.660. The zero-order valence-corrected chi connectivity index (χ0v) is 12.0. The molecule has 0 atom stereocenters. The van der Waals surface area contributed by atoms with Crippen molar-refractivity contribution < 1.29 is 9.59 Å². The first-order valence-electron chi connectivity index (χ1n) is 5.69. The van der Waals surface area contributed by atoms with Crippen LogP contribution in [0.3, 0.4) is 0 Å². The standard InChI is InChI=1S/C7H15NO.C6H12O/c1-6(2)5-7(9)8(3)4;1-5(7)6(2,3)4/h6H,5H2,1-4H3;1-4H3. The lowest BCUT2D eigenvalue weighted by Gasteiger charge is -2.11. The van der Waals surface area contributed by atoms with Crippen molar-refractivity contribution in [2.24, 2.45) is 11.3 Å². The summed E-state index contributed by atoms with van der Waals surface area (Å²) >= 11 is 0. The van der Waals surface area contributed by atoms with Gasteiger partial charge in [-0.3, -0.25) is 9.59 Å². The molecule has 0 radical (unpaired) electrons. The van der Waals surface area contributed by atoms with Crippen molar-refractivity contribution in [1.82, 2.24) is 4.90 Å². The summed E-state index contributed by atoms with van der Waals surface area (Å²) < 4.78 is 0. The van der Waals surface area contributed by atoms with Crippen LogP contribution in [0, 0.1) is 11.3 Å². The predicted molar refractivity (Wildman–Crippen MR) is 68.3 cm³/mol. The first-order valence-corrected chi connectivity index (χ1v) is 5.69. The molecule has 0 bridgehead atoms. The quantitative estimate of drug-likeness (QED) is 0.730. The highest BCUT2D eigenvalue weighted by molar-refractivity contribution is 5.80. The molecule has 0 fully saturated rings. The van der Waals surface area contributed by atoms with E-state index < -0.39 is 0 Å². The summed E-state index contributed by atoms with van der Waals surface area (Å²) in [4.78, 5) is 23.0. The second kappa shape index (κ2) is 7.42. The van der Waals surface area contributed by atoms with E-state index in [4.69, 9.17) is 0 Å². The molecule has 0 spiro atoms. The molecule has 0 unspecified atom stereocenters. The third kappa shape index (κ3) is 11.2. The molecule has 0 aliphatic heterocycles. The topological polar surface area (TPSA) is 37.4 Å². The SMILES string of the molecule is CC(=O)C(C)(C)C.CC(C)CC(=O)N(C)C. The molecule has 0 aromatic rings. The fraction of sp³-hybridized carbons (Fsp3) is 0.846. The number of hydrogen-bond donors (Lipinski definition) is 0. The summed E-state index contributed by atoms with van der Waals surface area (Å²) in [5.41, 5.74) is -0.139. The number of nitrogens with zero attached hydrogens (tertiary/aromatic N) is 1. The van der Waals surface area contributed by atoms with E-state index in [0.717, 1.165) is 0 Å². The van der Waals surface area contributed by atoms with Crippen LogP contribution in [0.15, 0.2) is 0 Å². The Morgan fingerprint density at radius 2 is 1.44 bits per heavy atom. The van der Waals surface area contributed by atoms with Crippen molar-refractivity contribution in [3.63, 3.8) is 0 Å². The van der Waals surface area contributed by atoms with Crippen LogP contribution in [0.5, 0.6) is 0 Å². The maximum Gasteiger partial charge on any atom is 0.222 e. The van der Waals surface area contributed by atoms with E-state index in [2.05, 4.69) is 0 Å². The molecule has 3 nitrogen and oxygen atoms in total. The first-order chi connectivity index (χ1) is 6.98. The smallest absolute Gasteiger partial charge is 0.222 e. The van der Waals surface area contributed by atoms with Crippen LogP contribution in [0.1, 0.15) is 48.0 Å². The highest BCUT2D eigenvalue weighted by Crippen LogP contribution is 2.12. The Bertz CT molecular complexity index is 225. The number of ketones is 1. The predicted octanol–water partition coefficient (Wildman–Crippen LogP) is 2.74. The largest absolute Gasteiger partial charge is 0.349 e. The van der Waals surface area contributed by atoms with Gasteiger partial charge in [-0.25, -0.2) is 0 Å². The molecule has 0 rings (SSSR count). The van der Waals surface area contributed by atoms with Gasteiger partial charge in [0, 0.05) is 25.9 Å². The molecular formula is C13H27NO2. The summed E-state index contributed by atoms with van der Waals surface area (Å²) in [6.45, 7) is 11.4. The molecule has 0 aliphatic carbocycles. The minimum absolute atomic E-state index is 0.139. The zero-order chi connectivity index (χ0) is 13.5. The molecule has 16 heavy (non-hydrogen) atoms. The van der Waals surface area contributed by atoms with Gasteiger partial charge in [-0.1, -0.05) is 34.6 Å². The first kappa shape index (κ1) is 17.5. The van der Waals surface area contributed by atoms with Crippen LogP contribution in [0.25, 0.3) is 0 Å². The van der Waals surface area contributed by atoms with Gasteiger partial charge in [-0.05, 0) is 12.8 Å². The lowest BCUT2D eigenvalue weighted by atomic mass is 9.92. The minimum Gasteiger partial charge on any atom is -0.349 e. The Labute approximate surface area is 100 Å². The number of carbonyl (C=O) groups is 2. The van der Waals surface area contributed by atoms with Gasteiger partial charge in [0.25, 0.3) is 0 Å². The number of hydrogen-bond acceptors (Lipinski definition) is 2. The number of rotatable bonds is 2. The second-order valence-corrected chi connectivity index (χ2v) is 5.69. The Morgan fingerprint density at radius 3 is 1.50 bits per heavy atom. The Morgan fingerprint density at radius 1 is 1.12 bits per heavy atom. The molecule has 0 N–H and O–H groups in total. The minimum atomic E-state index is -0.139. The molecule has 3 heteroatoms. The second-order valence-electron chi connectivity index (χ2n) is 5.69. The van der Waals surface area contributed by atoms with E-state index in [1.165, 1.54) is 0 Å². The van der Waals surface area contributed by atoms with Gasteiger partial charge in [0.15, 0.2) is 0 Å². The van der Waals surface area contributed by atoms with Crippen LogP contribution >= 0.6 is 0 Å². The highest BCUT2D eigenvalue weighted by atomic mass is 16.2. The van der Waals surface area contributed by atoms with Crippen LogP contribution in [-0.4, -0.2) is 30.7 Å². The summed E-state index contributed by atoms with van der Waals surface area (Å²) in [5, 5.41) is 0. The average Bonchev–Trinajstić information content (AvgIpc) is 2.01. The average molecular weight is 229 g/mol. The lowest BCUT2D eigenvalue weighted by molar-refractivity contribution is -0.129. The Balaban J connectivity index is 0. The van der Waals surface area contributed by atoms with Gasteiger partial charge < -0.3 is 4.90 Å². The maximum atomic E-state index is 10.9. The van der Waals surface area contributed by atoms with E-state index in [1.54, 1.807) is 25.9 Å². The van der Waals surface area contributed by atoms with E-state index in [1.807, 2.05) is 34.6 Å². The molecule has 0 heterocycles. The van der Waals surface area contributed by atoms with E-state index >= 15 is 0 Å². The molecule has 0 aliphatic rings. The molecular weight excluding hydrogens is 202 g/mol. The fourth-order valence-electron chi connectivity index (χ4n) is 0.532. The van der Waals surface area contributed by atoms with E-state index in [9.17, 15) is 9.59 Å². The highest BCUT2D eigenvalue weighted by Gasteiger charge is 2.14. The molecule has 0 aromatic carbocycles. The van der Waals surface area contributed by atoms with E-state index in [0.29, 0.717) is 12.3 Å². The van der Waals surface area contributed by atoms with Crippen LogP contribution in [-0.2, 0) is 9.59 Å². The fourth-order valence-corrected chi connectivity index (χ4v) is 0.532. The third-order valence-electron chi connectivity index (χ3n) is 2.14. The molecule has 96 valence electrons. The lowest BCUT2D eigenvalue weighted by Crippen LogP contribution is -2.22. The molecule has 0 aromatic heterocycles. The van der Waals surface area contributed by atoms with Gasteiger partial charge in [0.2, 0.25) is 5.91 Å². The van der Waals surface area contributed by atoms with Crippen molar-refractivity contribution in [3.8, 4) is 0 Å². The van der Waals surface area contributed by atoms with Crippen molar-refractivity contribution in [2.45, 2.75) is 48.0 Å². The number of amides is 1. The van der Waals surface area contributed by atoms with Crippen LogP contribution in [0.4, 0.5) is 0 Å². The van der Waals surface area contributed by atoms with Gasteiger partial charge in [-0.15, -0.1) is 0 Å². The zero-order valence-electron chi connectivity index (χ0n) is 12.0. The summed E-state index contributed by atoms with van der Waals surface area (Å²) in [6, 6.07) is 0. The van der Waals surface area contributed by atoms with Gasteiger partial charge in [0.1, 0.15) is 5.78 Å². The van der Waals surface area contributed by atoms with Crippen LogP contribution in [0.2, 0.25) is 0 Å². The summed E-state index contributed by atoms with van der Waals surface area (Å²) in [5.74, 6) is 0.928. The van der Waals surface area contributed by atoms with Crippen LogP contribution < -0.4 is 0 Å². The maximum absolute atomic E-state index is 10.9. The van der Waals surface area contributed by atoms with Gasteiger partial charge in [0.05, 0.1) is 0 Å². The van der Waals surface area contributed by atoms with Gasteiger partial charge >= 0.3 is 0 Å².